The summed E-state index contributed by atoms with van der Waals surface area (Å²) in [5.74, 6) is 0. The summed E-state index contributed by atoms with van der Waals surface area (Å²) in [5.41, 5.74) is 0. The molecule has 66 valence electrons. The van der Waals surface area contributed by atoms with Crippen LogP contribution in [0.4, 0.5) is 0 Å². The Bertz CT molecular complexity index is 219. The maximum Gasteiger partial charge on any atom is 0.170 e. The van der Waals surface area contributed by atoms with Gasteiger partial charge in [-0.2, -0.15) is 4.37 Å². The van der Waals surface area contributed by atoms with E-state index in [1.165, 1.54) is 30.9 Å². The second-order valence-corrected chi connectivity index (χ2v) is 5.12. The molecular formula is C7H11N3S2. The van der Waals surface area contributed by atoms with Gasteiger partial charge in [0.2, 0.25) is 0 Å². The molecule has 1 aliphatic rings. The van der Waals surface area contributed by atoms with E-state index in [0.717, 1.165) is 10.9 Å². The molecule has 12 heavy (non-hydrogen) atoms. The van der Waals surface area contributed by atoms with Gasteiger partial charge in [-0.25, -0.2) is 4.98 Å². The highest BCUT2D eigenvalue weighted by atomic mass is 32.2. The predicted molar refractivity (Wildman–Crippen MR) is 51.7 cm³/mol. The van der Waals surface area contributed by atoms with E-state index in [9.17, 15) is 0 Å². The third-order valence-corrected chi connectivity index (χ3v) is 3.88. The van der Waals surface area contributed by atoms with E-state index >= 15 is 0 Å². The fourth-order valence-electron chi connectivity index (χ4n) is 1.28. The number of nitrogens with zero attached hydrogens (tertiary/aromatic N) is 2. The van der Waals surface area contributed by atoms with Crippen molar-refractivity contribution in [2.24, 2.45) is 0 Å². The molecule has 1 aliphatic heterocycles. The van der Waals surface area contributed by atoms with Gasteiger partial charge >= 0.3 is 0 Å². The molecule has 1 aromatic heterocycles. The molecule has 0 aliphatic carbocycles. The highest BCUT2D eigenvalue weighted by molar-refractivity contribution is 8.01. The quantitative estimate of drug-likeness (QED) is 0.784. The van der Waals surface area contributed by atoms with Crippen LogP contribution in [0.15, 0.2) is 10.7 Å². The number of nitrogens with one attached hydrogen (secondary N) is 1. The van der Waals surface area contributed by atoms with E-state index in [2.05, 4.69) is 14.7 Å². The molecule has 0 aromatic carbocycles. The van der Waals surface area contributed by atoms with Crippen molar-refractivity contribution in [3.8, 4) is 0 Å². The van der Waals surface area contributed by atoms with Crippen LogP contribution in [0.5, 0.6) is 0 Å². The monoisotopic (exact) mass is 201 g/mol. The molecule has 0 bridgehead atoms. The van der Waals surface area contributed by atoms with Crippen LogP contribution >= 0.6 is 23.3 Å². The lowest BCUT2D eigenvalue weighted by Gasteiger charge is -2.20. The summed E-state index contributed by atoms with van der Waals surface area (Å²) < 4.78 is 5.08. The summed E-state index contributed by atoms with van der Waals surface area (Å²) in [7, 11) is 0. The minimum atomic E-state index is 0.701. The zero-order valence-corrected chi connectivity index (χ0v) is 8.33. The third-order valence-electron chi connectivity index (χ3n) is 1.86. The van der Waals surface area contributed by atoms with Crippen molar-refractivity contribution in [3.63, 3.8) is 0 Å². The molecule has 1 aromatic rings. The zero-order chi connectivity index (χ0) is 8.23. The summed E-state index contributed by atoms with van der Waals surface area (Å²) in [6.07, 6.45) is 4.22. The van der Waals surface area contributed by atoms with Crippen LogP contribution in [0.25, 0.3) is 0 Å². The van der Waals surface area contributed by atoms with Crippen molar-refractivity contribution in [1.82, 2.24) is 14.7 Å². The summed E-state index contributed by atoms with van der Waals surface area (Å²) >= 11 is 3.34. The summed E-state index contributed by atoms with van der Waals surface area (Å²) in [6.45, 7) is 2.29. The Labute approximate surface area is 80.1 Å². The van der Waals surface area contributed by atoms with Gasteiger partial charge < -0.3 is 5.32 Å². The highest BCUT2D eigenvalue weighted by Crippen LogP contribution is 2.27. The van der Waals surface area contributed by atoms with E-state index < -0.39 is 0 Å². The van der Waals surface area contributed by atoms with Gasteiger partial charge in [-0.1, -0.05) is 11.8 Å². The Hall–Kier alpha value is -0.130. The van der Waals surface area contributed by atoms with Crippen molar-refractivity contribution >= 4 is 23.3 Å². The van der Waals surface area contributed by atoms with Crippen LogP contribution in [-0.4, -0.2) is 27.7 Å². The minimum Gasteiger partial charge on any atom is -0.316 e. The van der Waals surface area contributed by atoms with Crippen molar-refractivity contribution in [1.29, 1.82) is 0 Å². The molecule has 2 heterocycles. The third kappa shape index (κ3) is 2.18. The van der Waals surface area contributed by atoms with Crippen LogP contribution in [0.2, 0.25) is 0 Å². The number of aromatic nitrogens is 2. The lowest BCUT2D eigenvalue weighted by Crippen LogP contribution is -2.31. The summed E-state index contributed by atoms with van der Waals surface area (Å²) in [5, 5.41) is 4.08. The second-order valence-electron chi connectivity index (χ2n) is 2.79. The minimum absolute atomic E-state index is 0.701. The Morgan fingerprint density at radius 3 is 3.33 bits per heavy atom. The smallest absolute Gasteiger partial charge is 0.170 e. The number of hydrogen-bond donors (Lipinski definition) is 1. The van der Waals surface area contributed by atoms with Gasteiger partial charge in [0.1, 0.15) is 6.33 Å². The lowest BCUT2D eigenvalue weighted by molar-refractivity contribution is 0.531. The molecule has 3 nitrogen and oxygen atoms in total. The van der Waals surface area contributed by atoms with Crippen LogP contribution in [0, 0.1) is 0 Å². The normalized spacial score (nSPS) is 24.2. The topological polar surface area (TPSA) is 37.8 Å². The van der Waals surface area contributed by atoms with E-state index in [1.54, 1.807) is 6.33 Å². The predicted octanol–water partition coefficient (Wildman–Crippen LogP) is 1.38. The molecule has 1 atom stereocenters. The Morgan fingerprint density at radius 1 is 1.67 bits per heavy atom. The summed E-state index contributed by atoms with van der Waals surface area (Å²) in [6, 6.07) is 0. The van der Waals surface area contributed by atoms with Gasteiger partial charge in [-0.3, -0.25) is 0 Å². The van der Waals surface area contributed by atoms with Crippen LogP contribution in [0.3, 0.4) is 0 Å². The maximum atomic E-state index is 4.15. The second kappa shape index (κ2) is 4.20. The molecule has 1 N–H and O–H groups in total. The Kier molecular flexibility index (Phi) is 2.97. The molecule has 1 saturated heterocycles. The van der Waals surface area contributed by atoms with Crippen molar-refractivity contribution in [3.05, 3.63) is 6.33 Å². The first kappa shape index (κ1) is 8.47. The molecule has 1 unspecified atom stereocenters. The number of piperidine rings is 1. The van der Waals surface area contributed by atoms with Crippen molar-refractivity contribution in [2.45, 2.75) is 22.4 Å². The molecule has 0 radical (unpaired) electrons. The van der Waals surface area contributed by atoms with Crippen LogP contribution < -0.4 is 5.32 Å². The number of thioether (sulfide) groups is 1. The number of rotatable bonds is 2. The largest absolute Gasteiger partial charge is 0.316 e. The highest BCUT2D eigenvalue weighted by Gasteiger charge is 2.15. The van der Waals surface area contributed by atoms with Crippen LogP contribution in [0.1, 0.15) is 12.8 Å². The van der Waals surface area contributed by atoms with Gasteiger partial charge in [-0.05, 0) is 30.9 Å². The van der Waals surface area contributed by atoms with Gasteiger partial charge in [0.15, 0.2) is 4.34 Å². The molecule has 2 rings (SSSR count). The molecule has 0 spiro atoms. The zero-order valence-electron chi connectivity index (χ0n) is 6.69. The first-order chi connectivity index (χ1) is 5.95. The Balaban J connectivity index is 1.86. The van der Waals surface area contributed by atoms with E-state index in [0.29, 0.717) is 5.25 Å². The fraction of sp³-hybridized carbons (Fsp3) is 0.714. The standard InChI is InChI=1S/C7H11N3S2/c1-2-6(4-8-3-1)11-7-9-5-10-12-7/h5-6,8H,1-4H2. The van der Waals surface area contributed by atoms with E-state index in [-0.39, 0.29) is 0 Å². The van der Waals surface area contributed by atoms with Crippen LogP contribution in [-0.2, 0) is 0 Å². The van der Waals surface area contributed by atoms with Crippen molar-refractivity contribution in [2.75, 3.05) is 13.1 Å². The maximum absolute atomic E-state index is 4.15. The van der Waals surface area contributed by atoms with E-state index in [4.69, 9.17) is 0 Å². The average Bonchev–Trinajstić information content (AvgIpc) is 2.59. The molecule has 1 fully saturated rings. The van der Waals surface area contributed by atoms with E-state index in [1.807, 2.05) is 11.8 Å². The first-order valence-corrected chi connectivity index (χ1v) is 5.74. The van der Waals surface area contributed by atoms with Gasteiger partial charge in [0, 0.05) is 11.8 Å². The first-order valence-electron chi connectivity index (χ1n) is 4.09. The fourth-order valence-corrected chi connectivity index (χ4v) is 3.14. The molecule has 0 amide bonds. The lowest BCUT2D eigenvalue weighted by atomic mass is 10.2. The Morgan fingerprint density at radius 2 is 2.67 bits per heavy atom. The SMILES string of the molecule is c1nsc(SC2CCCNC2)n1. The molecular weight excluding hydrogens is 190 g/mol. The molecule has 5 heteroatoms. The van der Waals surface area contributed by atoms with Gasteiger partial charge in [0.05, 0.1) is 0 Å². The number of hydrogen-bond acceptors (Lipinski definition) is 5. The van der Waals surface area contributed by atoms with Gasteiger partial charge in [0.25, 0.3) is 0 Å². The summed E-state index contributed by atoms with van der Waals surface area (Å²) in [4.78, 5) is 4.15. The van der Waals surface area contributed by atoms with Crippen molar-refractivity contribution < 1.29 is 0 Å². The van der Waals surface area contributed by atoms with Gasteiger partial charge in [-0.15, -0.1) is 0 Å². The molecule has 0 saturated carbocycles. The average molecular weight is 201 g/mol.